The molecule has 5 nitrogen and oxygen atoms in total. The molecule has 1 saturated heterocycles. The van der Waals surface area contributed by atoms with E-state index < -0.39 is 5.41 Å². The van der Waals surface area contributed by atoms with Gasteiger partial charge in [0.2, 0.25) is 5.28 Å². The van der Waals surface area contributed by atoms with Gasteiger partial charge in [0, 0.05) is 28.0 Å². The molecular formula is C24H25ClIN3O2. The maximum Gasteiger partial charge on any atom is 0.223 e. The molecule has 31 heavy (non-hydrogen) atoms. The van der Waals surface area contributed by atoms with Gasteiger partial charge in [-0.25, -0.2) is 9.97 Å². The summed E-state index contributed by atoms with van der Waals surface area (Å²) in [5.74, 6) is 0.641. The van der Waals surface area contributed by atoms with Crippen LogP contribution in [0.1, 0.15) is 49.8 Å². The van der Waals surface area contributed by atoms with Crippen molar-refractivity contribution in [3.05, 3.63) is 62.8 Å². The number of hydrogen-bond donors (Lipinski definition) is 0. The van der Waals surface area contributed by atoms with E-state index in [1.165, 1.54) is 12.8 Å². The summed E-state index contributed by atoms with van der Waals surface area (Å²) in [6.45, 7) is 1.24. The van der Waals surface area contributed by atoms with Crippen molar-refractivity contribution in [3.63, 3.8) is 0 Å². The van der Waals surface area contributed by atoms with E-state index in [4.69, 9.17) is 26.1 Å². The minimum Gasteiger partial charge on any atom is -0.353 e. The number of ether oxygens (including phenoxy) is 2. The summed E-state index contributed by atoms with van der Waals surface area (Å²) in [6, 6.07) is 10.3. The van der Waals surface area contributed by atoms with Crippen LogP contribution in [0, 0.1) is 9.49 Å². The first-order valence-electron chi connectivity index (χ1n) is 10.9. The molecule has 1 aromatic carbocycles. The van der Waals surface area contributed by atoms with E-state index in [0.717, 1.165) is 58.0 Å². The van der Waals surface area contributed by atoms with Crippen molar-refractivity contribution in [2.75, 3.05) is 13.2 Å². The molecule has 1 aliphatic heterocycles. The average molecular weight is 550 g/mol. The van der Waals surface area contributed by atoms with Gasteiger partial charge < -0.3 is 9.47 Å². The second-order valence-corrected chi connectivity index (χ2v) is 10.2. The molecule has 1 saturated carbocycles. The largest absolute Gasteiger partial charge is 0.353 e. The minimum absolute atomic E-state index is 0.173. The topological polar surface area (TPSA) is 57.1 Å². The second kappa shape index (κ2) is 9.25. The van der Waals surface area contributed by atoms with Crippen LogP contribution < -0.4 is 0 Å². The fraction of sp³-hybridized carbons (Fsp3) is 0.458. The smallest absolute Gasteiger partial charge is 0.223 e. The predicted octanol–water partition coefficient (Wildman–Crippen LogP) is 5.91. The molecule has 2 unspecified atom stereocenters. The summed E-state index contributed by atoms with van der Waals surface area (Å²) in [4.78, 5) is 13.8. The van der Waals surface area contributed by atoms with Crippen LogP contribution in [0.25, 0.3) is 10.9 Å². The average Bonchev–Trinajstić information content (AvgIpc) is 3.62. The van der Waals surface area contributed by atoms with Gasteiger partial charge >= 0.3 is 0 Å². The third-order valence-corrected chi connectivity index (χ3v) is 7.13. The molecule has 2 fully saturated rings. The molecule has 0 bridgehead atoms. The van der Waals surface area contributed by atoms with Crippen molar-refractivity contribution in [2.24, 2.45) is 5.92 Å². The molecule has 0 radical (unpaired) electrons. The van der Waals surface area contributed by atoms with Crippen molar-refractivity contribution >= 4 is 45.1 Å². The second-order valence-electron chi connectivity index (χ2n) is 8.58. The van der Waals surface area contributed by atoms with Crippen molar-refractivity contribution < 1.29 is 9.47 Å². The normalized spacial score (nSPS) is 21.2. The molecule has 0 spiro atoms. The van der Waals surface area contributed by atoms with Gasteiger partial charge in [-0.15, -0.1) is 0 Å². The fourth-order valence-electron chi connectivity index (χ4n) is 4.54. The first-order chi connectivity index (χ1) is 15.1. The molecule has 7 heteroatoms. The maximum atomic E-state index is 6.45. The van der Waals surface area contributed by atoms with Gasteiger partial charge in [0.15, 0.2) is 6.29 Å². The molecule has 162 valence electrons. The van der Waals surface area contributed by atoms with Crippen LogP contribution in [0.5, 0.6) is 0 Å². The Labute approximate surface area is 201 Å². The first kappa shape index (κ1) is 21.5. The first-order valence-corrected chi connectivity index (χ1v) is 12.4. The van der Waals surface area contributed by atoms with Crippen LogP contribution in [0.2, 0.25) is 5.28 Å². The number of pyridine rings is 1. The van der Waals surface area contributed by atoms with E-state index >= 15 is 0 Å². The van der Waals surface area contributed by atoms with Crippen molar-refractivity contribution in [1.82, 2.24) is 15.0 Å². The Balaban J connectivity index is 1.67. The Morgan fingerprint density at radius 3 is 2.81 bits per heavy atom. The van der Waals surface area contributed by atoms with Crippen molar-refractivity contribution in [3.8, 4) is 0 Å². The third kappa shape index (κ3) is 4.72. The number of nitrogens with zero attached hydrogens (tertiary/aromatic N) is 3. The molecular weight excluding hydrogens is 525 g/mol. The molecule has 0 N–H and O–H groups in total. The molecule has 3 heterocycles. The Morgan fingerprint density at radius 1 is 1.16 bits per heavy atom. The number of benzene rings is 1. The highest BCUT2D eigenvalue weighted by molar-refractivity contribution is 14.1. The van der Waals surface area contributed by atoms with E-state index in [2.05, 4.69) is 50.8 Å². The predicted molar refractivity (Wildman–Crippen MR) is 129 cm³/mol. The van der Waals surface area contributed by atoms with Crippen molar-refractivity contribution in [2.45, 2.75) is 50.2 Å². The highest BCUT2D eigenvalue weighted by atomic mass is 127. The lowest BCUT2D eigenvalue weighted by atomic mass is 9.73. The fourth-order valence-corrected chi connectivity index (χ4v) is 5.20. The lowest BCUT2D eigenvalue weighted by molar-refractivity contribution is -0.170. The summed E-state index contributed by atoms with van der Waals surface area (Å²) in [7, 11) is 0. The third-order valence-electron chi connectivity index (χ3n) is 6.29. The van der Waals surface area contributed by atoms with Gasteiger partial charge in [0.25, 0.3) is 0 Å². The lowest BCUT2D eigenvalue weighted by Crippen LogP contribution is -2.38. The molecule has 1 aliphatic carbocycles. The Bertz CT molecular complexity index is 1060. The number of aromatic nitrogens is 3. The highest BCUT2D eigenvalue weighted by Gasteiger charge is 2.43. The number of rotatable bonds is 7. The molecule has 2 aromatic heterocycles. The van der Waals surface area contributed by atoms with E-state index in [-0.39, 0.29) is 11.6 Å². The Kier molecular flexibility index (Phi) is 6.42. The van der Waals surface area contributed by atoms with Gasteiger partial charge in [0.1, 0.15) is 0 Å². The summed E-state index contributed by atoms with van der Waals surface area (Å²) < 4.78 is 13.5. The summed E-state index contributed by atoms with van der Waals surface area (Å²) in [6.07, 6.45) is 10.1. The van der Waals surface area contributed by atoms with Crippen LogP contribution in [-0.2, 0) is 14.9 Å². The van der Waals surface area contributed by atoms with E-state index in [9.17, 15) is 0 Å². The van der Waals surface area contributed by atoms with E-state index in [0.29, 0.717) is 12.5 Å². The number of halogens is 2. The molecule has 2 atom stereocenters. The molecule has 3 aromatic rings. The Hall–Kier alpha value is -1.35. The van der Waals surface area contributed by atoms with Gasteiger partial charge in [-0.05, 0) is 95.6 Å². The Morgan fingerprint density at radius 2 is 2.06 bits per heavy atom. The SMILES string of the molecule is Clc1nc(C(COC2CCCCO2)(CC2CC2)c2cccnc2)c2cc(I)ccc2n1. The summed E-state index contributed by atoms with van der Waals surface area (Å²) >= 11 is 8.79. The zero-order valence-corrected chi connectivity index (χ0v) is 20.2. The van der Waals surface area contributed by atoms with Crippen LogP contribution in [0.4, 0.5) is 0 Å². The number of hydrogen-bond acceptors (Lipinski definition) is 5. The van der Waals surface area contributed by atoms with Crippen LogP contribution in [-0.4, -0.2) is 34.5 Å². The van der Waals surface area contributed by atoms with Gasteiger partial charge in [-0.1, -0.05) is 18.9 Å². The highest BCUT2D eigenvalue weighted by Crippen LogP contribution is 2.47. The van der Waals surface area contributed by atoms with E-state index in [1.807, 2.05) is 24.5 Å². The van der Waals surface area contributed by atoms with Gasteiger partial charge in [-0.3, -0.25) is 4.98 Å². The van der Waals surface area contributed by atoms with Crippen LogP contribution in [0.3, 0.4) is 0 Å². The molecule has 2 aliphatic rings. The van der Waals surface area contributed by atoms with Gasteiger partial charge in [-0.2, -0.15) is 0 Å². The van der Waals surface area contributed by atoms with Gasteiger partial charge in [0.05, 0.1) is 23.2 Å². The summed E-state index contributed by atoms with van der Waals surface area (Å²) in [5.41, 5.74) is 2.42. The zero-order chi connectivity index (χ0) is 21.3. The number of fused-ring (bicyclic) bond motifs is 1. The van der Waals surface area contributed by atoms with Crippen LogP contribution in [0.15, 0.2) is 42.7 Å². The summed E-state index contributed by atoms with van der Waals surface area (Å²) in [5, 5.41) is 1.29. The maximum absolute atomic E-state index is 6.45. The lowest BCUT2D eigenvalue weighted by Gasteiger charge is -2.36. The quantitative estimate of drug-likeness (QED) is 0.271. The standard InChI is InChI=1S/C24H25ClIN3O2/c25-23-28-20-9-8-18(26)12-19(20)22(29-23)24(13-16-6-7-16,17-4-3-10-27-14-17)15-31-21-5-1-2-11-30-21/h3-4,8-10,12,14,16,21H,1-2,5-7,11,13,15H2. The minimum atomic E-state index is -0.467. The zero-order valence-electron chi connectivity index (χ0n) is 17.3. The molecule has 5 rings (SSSR count). The van der Waals surface area contributed by atoms with Crippen molar-refractivity contribution in [1.29, 1.82) is 0 Å². The van der Waals surface area contributed by atoms with Crippen LogP contribution >= 0.6 is 34.2 Å². The monoisotopic (exact) mass is 549 g/mol. The van der Waals surface area contributed by atoms with E-state index in [1.54, 1.807) is 0 Å². The molecule has 0 amide bonds.